The molecule has 0 aliphatic heterocycles. The minimum absolute atomic E-state index is 0.438. The van der Waals surface area contributed by atoms with Gasteiger partial charge in [-0.25, -0.2) is 8.42 Å². The number of nitrogens with one attached hydrogen (secondary N) is 1. The van der Waals surface area contributed by atoms with Crippen LogP contribution in [0.15, 0.2) is 42.5 Å². The molecule has 0 radical (unpaired) electrons. The summed E-state index contributed by atoms with van der Waals surface area (Å²) >= 11 is 0. The maximum atomic E-state index is 12.8. The van der Waals surface area contributed by atoms with E-state index in [1.54, 1.807) is 37.3 Å². The highest BCUT2D eigenvalue weighted by molar-refractivity contribution is 7.92. The number of rotatable bonds is 7. The first-order valence-corrected chi connectivity index (χ1v) is 10.6. The number of anilines is 2. The Hall–Kier alpha value is -2.54. The SMILES string of the molecule is CCOc1ccccc1NC(=O)[C@H](C)N(c1cc(C)cc(C)c1)S(C)(=O)=O. The Morgan fingerprint density at radius 1 is 1.15 bits per heavy atom. The summed E-state index contributed by atoms with van der Waals surface area (Å²) in [6.07, 6.45) is 1.10. The summed E-state index contributed by atoms with van der Waals surface area (Å²) in [6.45, 7) is 7.66. The predicted molar refractivity (Wildman–Crippen MR) is 109 cm³/mol. The second-order valence-electron chi connectivity index (χ2n) is 6.50. The van der Waals surface area contributed by atoms with E-state index in [9.17, 15) is 13.2 Å². The zero-order chi connectivity index (χ0) is 20.2. The molecule has 0 spiro atoms. The van der Waals surface area contributed by atoms with Gasteiger partial charge in [-0.1, -0.05) is 18.2 Å². The van der Waals surface area contributed by atoms with E-state index in [-0.39, 0.29) is 0 Å². The van der Waals surface area contributed by atoms with Crippen molar-refractivity contribution in [3.05, 3.63) is 53.6 Å². The maximum Gasteiger partial charge on any atom is 0.248 e. The van der Waals surface area contributed by atoms with Gasteiger partial charge in [-0.3, -0.25) is 9.10 Å². The molecule has 0 aromatic heterocycles. The number of benzene rings is 2. The standard InChI is InChI=1S/C20H26N2O4S/c1-6-26-19-10-8-7-9-18(19)21-20(23)16(4)22(27(5,24)25)17-12-14(2)11-15(3)13-17/h7-13,16H,6H2,1-5H3,(H,21,23)/t16-/m0/s1. The molecule has 146 valence electrons. The summed E-state index contributed by atoms with van der Waals surface area (Å²) in [5.74, 6) is 0.101. The molecule has 2 aromatic rings. The van der Waals surface area contributed by atoms with Gasteiger partial charge in [-0.15, -0.1) is 0 Å². The number of hydrogen-bond donors (Lipinski definition) is 1. The van der Waals surface area contributed by atoms with Gasteiger partial charge in [0.15, 0.2) is 0 Å². The molecular formula is C20H26N2O4S. The van der Waals surface area contributed by atoms with Crippen molar-refractivity contribution in [3.8, 4) is 5.75 Å². The zero-order valence-corrected chi connectivity index (χ0v) is 17.1. The van der Waals surface area contributed by atoms with E-state index in [4.69, 9.17) is 4.74 Å². The summed E-state index contributed by atoms with van der Waals surface area (Å²) in [4.78, 5) is 12.8. The highest BCUT2D eigenvalue weighted by Crippen LogP contribution is 2.27. The van der Waals surface area contributed by atoms with E-state index < -0.39 is 22.0 Å². The lowest BCUT2D eigenvalue weighted by atomic mass is 10.1. The molecule has 2 rings (SSSR count). The van der Waals surface area contributed by atoms with Gasteiger partial charge in [0.1, 0.15) is 11.8 Å². The molecule has 1 amide bonds. The number of para-hydroxylation sites is 2. The molecule has 0 saturated carbocycles. The van der Waals surface area contributed by atoms with E-state index in [2.05, 4.69) is 5.32 Å². The normalized spacial score (nSPS) is 12.3. The Balaban J connectivity index is 2.36. The van der Waals surface area contributed by atoms with Gasteiger partial charge in [0.05, 0.1) is 24.2 Å². The molecule has 0 fully saturated rings. The fourth-order valence-electron chi connectivity index (χ4n) is 2.98. The van der Waals surface area contributed by atoms with Crippen LogP contribution in [0.1, 0.15) is 25.0 Å². The lowest BCUT2D eigenvalue weighted by Gasteiger charge is -2.29. The molecule has 0 saturated heterocycles. The van der Waals surface area contributed by atoms with Crippen LogP contribution in [0, 0.1) is 13.8 Å². The van der Waals surface area contributed by atoms with Crippen molar-refractivity contribution < 1.29 is 17.9 Å². The van der Waals surface area contributed by atoms with Gasteiger partial charge in [-0.05, 0) is 63.1 Å². The number of ether oxygens (including phenoxy) is 1. The highest BCUT2D eigenvalue weighted by atomic mass is 32.2. The summed E-state index contributed by atoms with van der Waals surface area (Å²) in [5, 5.41) is 2.78. The number of aryl methyl sites for hydroxylation is 2. The third-order valence-corrected chi connectivity index (χ3v) is 5.24. The Bertz CT molecular complexity index is 905. The van der Waals surface area contributed by atoms with Crippen LogP contribution in [0.5, 0.6) is 5.75 Å². The number of carbonyl (C=O) groups is 1. The molecule has 1 atom stereocenters. The Labute approximate surface area is 161 Å². The van der Waals surface area contributed by atoms with Crippen molar-refractivity contribution in [1.82, 2.24) is 0 Å². The highest BCUT2D eigenvalue weighted by Gasteiger charge is 2.29. The summed E-state index contributed by atoms with van der Waals surface area (Å²) in [6, 6.07) is 11.6. The number of sulfonamides is 1. The molecule has 2 aromatic carbocycles. The van der Waals surface area contributed by atoms with Gasteiger partial charge >= 0.3 is 0 Å². The van der Waals surface area contributed by atoms with Crippen LogP contribution in [0.3, 0.4) is 0 Å². The second-order valence-corrected chi connectivity index (χ2v) is 8.36. The molecule has 27 heavy (non-hydrogen) atoms. The summed E-state index contributed by atoms with van der Waals surface area (Å²) in [5.41, 5.74) is 2.82. The van der Waals surface area contributed by atoms with E-state index >= 15 is 0 Å². The van der Waals surface area contributed by atoms with Crippen LogP contribution in [0.25, 0.3) is 0 Å². The Morgan fingerprint density at radius 2 is 1.74 bits per heavy atom. The van der Waals surface area contributed by atoms with Crippen LogP contribution >= 0.6 is 0 Å². The molecule has 0 aliphatic rings. The third-order valence-electron chi connectivity index (χ3n) is 3.99. The van der Waals surface area contributed by atoms with E-state index in [1.807, 2.05) is 32.9 Å². The smallest absolute Gasteiger partial charge is 0.248 e. The molecule has 0 aliphatic carbocycles. The van der Waals surface area contributed by atoms with E-state index in [0.29, 0.717) is 23.7 Å². The summed E-state index contributed by atoms with van der Waals surface area (Å²) in [7, 11) is -3.67. The number of carbonyl (C=O) groups excluding carboxylic acids is 1. The Kier molecular flexibility index (Phi) is 6.49. The van der Waals surface area contributed by atoms with Gasteiger partial charge in [0, 0.05) is 0 Å². The van der Waals surface area contributed by atoms with Crippen LogP contribution < -0.4 is 14.4 Å². The lowest BCUT2D eigenvalue weighted by molar-refractivity contribution is -0.116. The quantitative estimate of drug-likeness (QED) is 0.785. The van der Waals surface area contributed by atoms with Crippen molar-refractivity contribution >= 4 is 27.3 Å². The van der Waals surface area contributed by atoms with E-state index in [0.717, 1.165) is 21.7 Å². The second kappa shape index (κ2) is 8.43. The van der Waals surface area contributed by atoms with Gasteiger partial charge in [0.2, 0.25) is 15.9 Å². The molecule has 7 heteroatoms. The number of nitrogens with zero attached hydrogens (tertiary/aromatic N) is 1. The largest absolute Gasteiger partial charge is 0.492 e. The third kappa shape index (κ3) is 5.23. The van der Waals surface area contributed by atoms with Gasteiger partial charge < -0.3 is 10.1 Å². The molecular weight excluding hydrogens is 364 g/mol. The van der Waals surface area contributed by atoms with Gasteiger partial charge in [0.25, 0.3) is 0 Å². The molecule has 1 N–H and O–H groups in total. The predicted octanol–water partition coefficient (Wildman–Crippen LogP) is 3.50. The lowest BCUT2D eigenvalue weighted by Crippen LogP contribution is -2.45. The van der Waals surface area contributed by atoms with Crippen LogP contribution in [-0.2, 0) is 14.8 Å². The fourth-order valence-corrected chi connectivity index (χ4v) is 4.13. The molecule has 6 nitrogen and oxygen atoms in total. The average Bonchev–Trinajstić information content (AvgIpc) is 2.54. The van der Waals surface area contributed by atoms with Crippen molar-refractivity contribution in [2.75, 3.05) is 22.5 Å². The average molecular weight is 391 g/mol. The number of amides is 1. The minimum atomic E-state index is -3.67. The topological polar surface area (TPSA) is 75.7 Å². The van der Waals surface area contributed by atoms with Crippen molar-refractivity contribution in [2.45, 2.75) is 33.7 Å². The van der Waals surface area contributed by atoms with Crippen molar-refractivity contribution in [3.63, 3.8) is 0 Å². The van der Waals surface area contributed by atoms with E-state index in [1.165, 1.54) is 0 Å². The molecule has 0 unspecified atom stereocenters. The first kappa shape index (κ1) is 20.8. The Morgan fingerprint density at radius 3 is 2.30 bits per heavy atom. The maximum absolute atomic E-state index is 12.8. The molecule has 0 bridgehead atoms. The van der Waals surface area contributed by atoms with Crippen LogP contribution in [0.2, 0.25) is 0 Å². The first-order valence-electron chi connectivity index (χ1n) is 8.74. The van der Waals surface area contributed by atoms with Crippen molar-refractivity contribution in [2.24, 2.45) is 0 Å². The zero-order valence-electron chi connectivity index (χ0n) is 16.3. The summed E-state index contributed by atoms with van der Waals surface area (Å²) < 4.78 is 31.5. The number of hydrogen-bond acceptors (Lipinski definition) is 4. The van der Waals surface area contributed by atoms with Crippen LogP contribution in [0.4, 0.5) is 11.4 Å². The first-order chi connectivity index (χ1) is 12.6. The van der Waals surface area contributed by atoms with Crippen LogP contribution in [-0.4, -0.2) is 33.2 Å². The van der Waals surface area contributed by atoms with Crippen molar-refractivity contribution in [1.29, 1.82) is 0 Å². The molecule has 0 heterocycles. The monoisotopic (exact) mass is 390 g/mol. The van der Waals surface area contributed by atoms with Gasteiger partial charge in [-0.2, -0.15) is 0 Å². The fraction of sp³-hybridized carbons (Fsp3) is 0.350. The minimum Gasteiger partial charge on any atom is -0.492 e.